The Kier molecular flexibility index (Phi) is 4.62. The van der Waals surface area contributed by atoms with Gasteiger partial charge in [0.2, 0.25) is 9.84 Å². The zero-order chi connectivity index (χ0) is 16.3. The standard InChI is InChI=1S/C18H18O3S/c1-13-4-8-16(9-5-13)12-18(15(3)19)22(20,21)17-10-6-14(2)7-11-17/h4-12H,1-3H3. The fourth-order valence-corrected chi connectivity index (χ4v) is 3.44. The molecular weight excluding hydrogens is 296 g/mol. The van der Waals surface area contributed by atoms with E-state index in [0.29, 0.717) is 5.56 Å². The summed E-state index contributed by atoms with van der Waals surface area (Å²) in [7, 11) is -3.81. The minimum absolute atomic E-state index is 0.131. The van der Waals surface area contributed by atoms with Gasteiger partial charge in [-0.05, 0) is 44.5 Å². The first-order valence-corrected chi connectivity index (χ1v) is 8.40. The normalized spacial score (nSPS) is 12.2. The summed E-state index contributed by atoms with van der Waals surface area (Å²) in [5, 5.41) is 0. The van der Waals surface area contributed by atoms with Crippen LogP contribution in [0, 0.1) is 13.8 Å². The van der Waals surface area contributed by atoms with Crippen LogP contribution in [0.1, 0.15) is 23.6 Å². The molecule has 0 aromatic heterocycles. The van der Waals surface area contributed by atoms with Crippen molar-refractivity contribution in [3.63, 3.8) is 0 Å². The minimum Gasteiger partial charge on any atom is -0.294 e. The number of carbonyl (C=O) groups is 1. The summed E-state index contributed by atoms with van der Waals surface area (Å²) >= 11 is 0. The molecule has 4 heteroatoms. The molecule has 0 amide bonds. The molecule has 0 radical (unpaired) electrons. The van der Waals surface area contributed by atoms with E-state index in [1.165, 1.54) is 25.1 Å². The highest BCUT2D eigenvalue weighted by Gasteiger charge is 2.24. The molecule has 3 nitrogen and oxygen atoms in total. The van der Waals surface area contributed by atoms with E-state index in [9.17, 15) is 13.2 Å². The maximum Gasteiger partial charge on any atom is 0.210 e. The number of ketones is 1. The Morgan fingerprint density at radius 3 is 1.77 bits per heavy atom. The molecule has 0 atom stereocenters. The molecule has 2 aromatic rings. The van der Waals surface area contributed by atoms with Crippen LogP contribution in [-0.2, 0) is 14.6 Å². The summed E-state index contributed by atoms with van der Waals surface area (Å²) in [6, 6.07) is 13.8. The Morgan fingerprint density at radius 1 is 0.864 bits per heavy atom. The number of benzene rings is 2. The highest BCUT2D eigenvalue weighted by atomic mass is 32.2. The van der Waals surface area contributed by atoms with E-state index >= 15 is 0 Å². The predicted octanol–water partition coefficient (Wildman–Crippen LogP) is 3.71. The fraction of sp³-hybridized carbons (Fsp3) is 0.167. The van der Waals surface area contributed by atoms with Gasteiger partial charge in [0.15, 0.2) is 5.78 Å². The summed E-state index contributed by atoms with van der Waals surface area (Å²) in [6.45, 7) is 5.10. The average molecular weight is 314 g/mol. The number of hydrogen-bond donors (Lipinski definition) is 0. The van der Waals surface area contributed by atoms with Gasteiger partial charge >= 0.3 is 0 Å². The molecule has 0 saturated carbocycles. The molecule has 0 saturated heterocycles. The van der Waals surface area contributed by atoms with Gasteiger partial charge in [-0.3, -0.25) is 4.79 Å². The number of sulfone groups is 1. The summed E-state index contributed by atoms with van der Waals surface area (Å²) in [5.74, 6) is -0.471. The molecular formula is C18H18O3S. The lowest BCUT2D eigenvalue weighted by molar-refractivity contribution is -0.112. The summed E-state index contributed by atoms with van der Waals surface area (Å²) < 4.78 is 25.3. The minimum atomic E-state index is -3.81. The van der Waals surface area contributed by atoms with Crippen molar-refractivity contribution < 1.29 is 13.2 Å². The van der Waals surface area contributed by atoms with Crippen molar-refractivity contribution in [1.82, 2.24) is 0 Å². The van der Waals surface area contributed by atoms with Crippen LogP contribution in [0.15, 0.2) is 58.3 Å². The van der Waals surface area contributed by atoms with Crippen LogP contribution in [0.25, 0.3) is 6.08 Å². The second kappa shape index (κ2) is 6.28. The first-order valence-electron chi connectivity index (χ1n) is 6.92. The Morgan fingerprint density at radius 2 is 1.32 bits per heavy atom. The van der Waals surface area contributed by atoms with Crippen LogP contribution in [0.2, 0.25) is 0 Å². The molecule has 0 spiro atoms. The van der Waals surface area contributed by atoms with Gasteiger partial charge in [0.05, 0.1) is 4.90 Å². The molecule has 0 aliphatic heterocycles. The number of hydrogen-bond acceptors (Lipinski definition) is 3. The van der Waals surface area contributed by atoms with Gasteiger partial charge in [0.1, 0.15) is 4.91 Å². The second-order valence-corrected chi connectivity index (χ2v) is 7.21. The maximum absolute atomic E-state index is 12.7. The van der Waals surface area contributed by atoms with E-state index in [-0.39, 0.29) is 9.80 Å². The monoisotopic (exact) mass is 314 g/mol. The second-order valence-electron chi connectivity index (χ2n) is 5.29. The Bertz CT molecular complexity index is 812. The average Bonchev–Trinajstić information content (AvgIpc) is 2.46. The van der Waals surface area contributed by atoms with Crippen molar-refractivity contribution in [2.24, 2.45) is 0 Å². The Hall–Kier alpha value is -2.20. The highest BCUT2D eigenvalue weighted by Crippen LogP contribution is 2.23. The third-order valence-electron chi connectivity index (χ3n) is 3.34. The maximum atomic E-state index is 12.7. The Labute approximate surface area is 131 Å². The molecule has 0 heterocycles. The first-order chi connectivity index (χ1) is 10.3. The first kappa shape index (κ1) is 16.2. The van der Waals surface area contributed by atoms with Crippen molar-refractivity contribution in [3.05, 3.63) is 70.1 Å². The lowest BCUT2D eigenvalue weighted by atomic mass is 10.1. The molecule has 0 fully saturated rings. The smallest absolute Gasteiger partial charge is 0.210 e. The van der Waals surface area contributed by atoms with Crippen molar-refractivity contribution in [2.75, 3.05) is 0 Å². The number of carbonyl (C=O) groups excluding carboxylic acids is 1. The van der Waals surface area contributed by atoms with E-state index < -0.39 is 15.6 Å². The van der Waals surface area contributed by atoms with Crippen LogP contribution in [0.4, 0.5) is 0 Å². The molecule has 2 aromatic carbocycles. The van der Waals surface area contributed by atoms with E-state index in [1.807, 2.05) is 26.0 Å². The molecule has 114 valence electrons. The van der Waals surface area contributed by atoms with E-state index in [4.69, 9.17) is 0 Å². The molecule has 0 unspecified atom stereocenters. The van der Waals surface area contributed by atoms with Gasteiger partial charge in [-0.2, -0.15) is 0 Å². The zero-order valence-corrected chi connectivity index (χ0v) is 13.6. The lowest BCUT2D eigenvalue weighted by Crippen LogP contribution is -2.11. The largest absolute Gasteiger partial charge is 0.294 e. The van der Waals surface area contributed by atoms with Crippen LogP contribution < -0.4 is 0 Å². The van der Waals surface area contributed by atoms with Crippen LogP contribution >= 0.6 is 0 Å². The van der Waals surface area contributed by atoms with E-state index in [2.05, 4.69) is 0 Å². The number of allylic oxidation sites excluding steroid dienone is 1. The van der Waals surface area contributed by atoms with Crippen LogP contribution in [0.5, 0.6) is 0 Å². The van der Waals surface area contributed by atoms with Crippen LogP contribution in [-0.4, -0.2) is 14.2 Å². The molecule has 22 heavy (non-hydrogen) atoms. The molecule has 2 rings (SSSR count). The fourth-order valence-electron chi connectivity index (χ4n) is 2.03. The van der Waals surface area contributed by atoms with Crippen molar-refractivity contribution in [2.45, 2.75) is 25.7 Å². The van der Waals surface area contributed by atoms with Gasteiger partial charge in [0.25, 0.3) is 0 Å². The summed E-state index contributed by atoms with van der Waals surface area (Å²) in [6.07, 6.45) is 1.43. The van der Waals surface area contributed by atoms with E-state index in [0.717, 1.165) is 11.1 Å². The van der Waals surface area contributed by atoms with Crippen molar-refractivity contribution >= 4 is 21.7 Å². The predicted molar refractivity (Wildman–Crippen MR) is 88.2 cm³/mol. The molecule has 0 aliphatic rings. The quantitative estimate of drug-likeness (QED) is 0.808. The number of aryl methyl sites for hydroxylation is 2. The van der Waals surface area contributed by atoms with Crippen molar-refractivity contribution in [3.8, 4) is 0 Å². The highest BCUT2D eigenvalue weighted by molar-refractivity contribution is 7.96. The lowest BCUT2D eigenvalue weighted by Gasteiger charge is -2.07. The van der Waals surface area contributed by atoms with Gasteiger partial charge < -0.3 is 0 Å². The van der Waals surface area contributed by atoms with Gasteiger partial charge in [0, 0.05) is 0 Å². The van der Waals surface area contributed by atoms with E-state index in [1.54, 1.807) is 24.3 Å². The topological polar surface area (TPSA) is 51.2 Å². The number of Topliss-reactive ketones (excluding diaryl/α,β-unsaturated/α-hetero) is 1. The van der Waals surface area contributed by atoms with Crippen LogP contribution in [0.3, 0.4) is 0 Å². The molecule has 0 N–H and O–H groups in total. The summed E-state index contributed by atoms with van der Waals surface area (Å²) in [4.78, 5) is 11.8. The third kappa shape index (κ3) is 3.52. The SMILES string of the molecule is CC(=O)C(=Cc1ccc(C)cc1)S(=O)(=O)c1ccc(C)cc1. The zero-order valence-electron chi connectivity index (χ0n) is 12.8. The Balaban J connectivity index is 2.53. The van der Waals surface area contributed by atoms with Gasteiger partial charge in [-0.15, -0.1) is 0 Å². The molecule has 0 bridgehead atoms. The summed E-state index contributed by atoms with van der Waals surface area (Å²) in [5.41, 5.74) is 2.72. The van der Waals surface area contributed by atoms with Gasteiger partial charge in [-0.25, -0.2) is 8.42 Å². The number of rotatable bonds is 4. The van der Waals surface area contributed by atoms with Gasteiger partial charge in [-0.1, -0.05) is 47.5 Å². The molecule has 0 aliphatic carbocycles. The third-order valence-corrected chi connectivity index (χ3v) is 5.22. The van der Waals surface area contributed by atoms with Crippen molar-refractivity contribution in [1.29, 1.82) is 0 Å².